The Morgan fingerprint density at radius 1 is 1.44 bits per heavy atom. The number of halogens is 1. The van der Waals surface area contributed by atoms with Gasteiger partial charge in [-0.15, -0.1) is 12.4 Å². The minimum atomic E-state index is -0.180. The summed E-state index contributed by atoms with van der Waals surface area (Å²) < 4.78 is 0. The topological polar surface area (TPSA) is 55.1 Å². The number of hydrogen-bond donors (Lipinski definition) is 2. The van der Waals surface area contributed by atoms with Crippen molar-refractivity contribution in [2.24, 2.45) is 23.5 Å². The Labute approximate surface area is 105 Å². The number of amides is 1. The summed E-state index contributed by atoms with van der Waals surface area (Å²) in [7, 11) is 0. The fourth-order valence-electron chi connectivity index (χ4n) is 1.74. The van der Waals surface area contributed by atoms with E-state index in [1.807, 2.05) is 6.92 Å². The average Bonchev–Trinajstić information content (AvgIpc) is 2.99. The van der Waals surface area contributed by atoms with E-state index in [4.69, 9.17) is 5.73 Å². The minimum Gasteiger partial charge on any atom is -0.349 e. The SMILES string of the molecule is CC(C)C(C)C(=O)NC(C)(CN)C1CC1.Cl. The number of nitrogens with two attached hydrogens (primary N) is 1. The van der Waals surface area contributed by atoms with Crippen LogP contribution in [0.4, 0.5) is 0 Å². The molecule has 0 radical (unpaired) electrons. The van der Waals surface area contributed by atoms with Gasteiger partial charge in [0, 0.05) is 12.5 Å². The van der Waals surface area contributed by atoms with E-state index in [0.717, 1.165) is 0 Å². The molecule has 2 unspecified atom stereocenters. The molecule has 1 aliphatic rings. The summed E-state index contributed by atoms with van der Waals surface area (Å²) in [5.74, 6) is 1.18. The van der Waals surface area contributed by atoms with Gasteiger partial charge in [0.2, 0.25) is 5.91 Å². The number of hydrogen-bond acceptors (Lipinski definition) is 2. The summed E-state index contributed by atoms with van der Waals surface area (Å²) in [6.45, 7) is 8.72. The van der Waals surface area contributed by atoms with Crippen LogP contribution < -0.4 is 11.1 Å². The molecule has 0 heterocycles. The molecular weight excluding hydrogens is 224 g/mol. The number of rotatable bonds is 5. The molecule has 1 fully saturated rings. The first-order valence-electron chi connectivity index (χ1n) is 5.93. The molecular formula is C12H25ClN2O. The molecule has 3 N–H and O–H groups in total. The van der Waals surface area contributed by atoms with Gasteiger partial charge in [-0.2, -0.15) is 0 Å². The van der Waals surface area contributed by atoms with Crippen molar-refractivity contribution in [1.82, 2.24) is 5.32 Å². The Morgan fingerprint density at radius 2 is 1.94 bits per heavy atom. The molecule has 0 aromatic heterocycles. The van der Waals surface area contributed by atoms with Crippen LogP contribution in [0, 0.1) is 17.8 Å². The van der Waals surface area contributed by atoms with Gasteiger partial charge in [0.05, 0.1) is 5.54 Å². The third-order valence-corrected chi connectivity index (χ3v) is 3.72. The van der Waals surface area contributed by atoms with Gasteiger partial charge in [-0.1, -0.05) is 20.8 Å². The van der Waals surface area contributed by atoms with Crippen molar-refractivity contribution in [2.75, 3.05) is 6.54 Å². The van der Waals surface area contributed by atoms with Crippen LogP contribution in [0.5, 0.6) is 0 Å². The fourth-order valence-corrected chi connectivity index (χ4v) is 1.74. The van der Waals surface area contributed by atoms with Gasteiger partial charge in [0.25, 0.3) is 0 Å². The molecule has 0 aliphatic heterocycles. The van der Waals surface area contributed by atoms with E-state index in [0.29, 0.717) is 18.4 Å². The quantitative estimate of drug-likeness (QED) is 0.781. The Hall–Kier alpha value is -0.280. The van der Waals surface area contributed by atoms with Crippen molar-refractivity contribution < 1.29 is 4.79 Å². The highest BCUT2D eigenvalue weighted by Crippen LogP contribution is 2.39. The van der Waals surface area contributed by atoms with E-state index >= 15 is 0 Å². The first kappa shape index (κ1) is 15.7. The first-order valence-corrected chi connectivity index (χ1v) is 5.93. The van der Waals surface area contributed by atoms with Crippen LogP contribution in [0.25, 0.3) is 0 Å². The number of carbonyl (C=O) groups is 1. The number of nitrogens with one attached hydrogen (secondary N) is 1. The van der Waals surface area contributed by atoms with Crippen LogP contribution in [0.1, 0.15) is 40.5 Å². The smallest absolute Gasteiger partial charge is 0.223 e. The molecule has 2 atom stereocenters. The van der Waals surface area contributed by atoms with E-state index in [2.05, 4.69) is 26.1 Å². The van der Waals surface area contributed by atoms with E-state index in [9.17, 15) is 4.79 Å². The summed E-state index contributed by atoms with van der Waals surface area (Å²) in [6.07, 6.45) is 2.40. The van der Waals surface area contributed by atoms with Gasteiger partial charge < -0.3 is 11.1 Å². The predicted molar refractivity (Wildman–Crippen MR) is 69.6 cm³/mol. The molecule has 1 amide bonds. The Morgan fingerprint density at radius 3 is 2.25 bits per heavy atom. The van der Waals surface area contributed by atoms with E-state index < -0.39 is 0 Å². The molecule has 0 spiro atoms. The van der Waals surface area contributed by atoms with E-state index in [1.165, 1.54) is 12.8 Å². The number of carbonyl (C=O) groups excluding carboxylic acids is 1. The van der Waals surface area contributed by atoms with Crippen LogP contribution in [0.2, 0.25) is 0 Å². The highest BCUT2D eigenvalue weighted by Gasteiger charge is 2.42. The zero-order valence-electron chi connectivity index (χ0n) is 10.7. The third-order valence-electron chi connectivity index (χ3n) is 3.72. The molecule has 0 bridgehead atoms. The fraction of sp³-hybridized carbons (Fsp3) is 0.917. The van der Waals surface area contributed by atoms with Gasteiger partial charge in [-0.25, -0.2) is 0 Å². The molecule has 1 saturated carbocycles. The lowest BCUT2D eigenvalue weighted by atomic mass is 9.92. The summed E-state index contributed by atoms with van der Waals surface area (Å²) in [5.41, 5.74) is 5.58. The highest BCUT2D eigenvalue weighted by atomic mass is 35.5. The van der Waals surface area contributed by atoms with E-state index in [1.54, 1.807) is 0 Å². The summed E-state index contributed by atoms with van der Waals surface area (Å²) in [6, 6.07) is 0. The normalized spacial score (nSPS) is 20.9. The van der Waals surface area contributed by atoms with Gasteiger partial charge in [0.15, 0.2) is 0 Å². The predicted octanol–water partition coefficient (Wildman–Crippen LogP) is 1.94. The summed E-state index contributed by atoms with van der Waals surface area (Å²) in [4.78, 5) is 11.9. The average molecular weight is 249 g/mol. The second-order valence-electron chi connectivity index (χ2n) is 5.42. The minimum absolute atomic E-state index is 0. The van der Waals surface area contributed by atoms with Crippen LogP contribution in [-0.2, 0) is 4.79 Å². The Kier molecular flexibility index (Phi) is 5.77. The lowest BCUT2D eigenvalue weighted by Crippen LogP contribution is -2.54. The van der Waals surface area contributed by atoms with Crippen LogP contribution >= 0.6 is 12.4 Å². The van der Waals surface area contributed by atoms with Crippen molar-refractivity contribution in [1.29, 1.82) is 0 Å². The van der Waals surface area contributed by atoms with Crippen molar-refractivity contribution in [3.63, 3.8) is 0 Å². The van der Waals surface area contributed by atoms with Crippen LogP contribution in [0.15, 0.2) is 0 Å². The van der Waals surface area contributed by atoms with Gasteiger partial charge in [0.1, 0.15) is 0 Å². The molecule has 16 heavy (non-hydrogen) atoms. The van der Waals surface area contributed by atoms with Crippen LogP contribution in [0.3, 0.4) is 0 Å². The second kappa shape index (κ2) is 5.87. The largest absolute Gasteiger partial charge is 0.349 e. The molecule has 1 rings (SSSR count). The first-order chi connectivity index (χ1) is 6.90. The molecule has 3 nitrogen and oxygen atoms in total. The van der Waals surface area contributed by atoms with Crippen molar-refractivity contribution >= 4 is 18.3 Å². The molecule has 0 aromatic carbocycles. The van der Waals surface area contributed by atoms with Gasteiger partial charge in [-0.3, -0.25) is 4.79 Å². The Bertz CT molecular complexity index is 241. The molecule has 1 aliphatic carbocycles. The molecule has 4 heteroatoms. The standard InChI is InChI=1S/C12H24N2O.ClH/c1-8(2)9(3)11(15)14-12(4,7-13)10-5-6-10;/h8-10H,5-7,13H2,1-4H3,(H,14,15);1H. The monoisotopic (exact) mass is 248 g/mol. The van der Waals surface area contributed by atoms with Crippen molar-refractivity contribution in [2.45, 2.75) is 46.1 Å². The maximum Gasteiger partial charge on any atom is 0.223 e. The Balaban J connectivity index is 0.00000225. The highest BCUT2D eigenvalue weighted by molar-refractivity contribution is 5.85. The van der Waals surface area contributed by atoms with Crippen LogP contribution in [-0.4, -0.2) is 18.0 Å². The summed E-state index contributed by atoms with van der Waals surface area (Å²) in [5, 5.41) is 3.12. The maximum atomic E-state index is 11.9. The van der Waals surface area contributed by atoms with E-state index in [-0.39, 0.29) is 29.8 Å². The molecule has 0 saturated heterocycles. The van der Waals surface area contributed by atoms with Crippen molar-refractivity contribution in [3.8, 4) is 0 Å². The lowest BCUT2D eigenvalue weighted by Gasteiger charge is -2.31. The molecule has 96 valence electrons. The summed E-state index contributed by atoms with van der Waals surface area (Å²) >= 11 is 0. The van der Waals surface area contributed by atoms with Gasteiger partial charge >= 0.3 is 0 Å². The third kappa shape index (κ3) is 3.63. The zero-order chi connectivity index (χ0) is 11.6. The molecule has 0 aromatic rings. The second-order valence-corrected chi connectivity index (χ2v) is 5.42. The lowest BCUT2D eigenvalue weighted by molar-refractivity contribution is -0.127. The zero-order valence-corrected chi connectivity index (χ0v) is 11.6. The van der Waals surface area contributed by atoms with Gasteiger partial charge in [-0.05, 0) is 31.6 Å². The van der Waals surface area contributed by atoms with Crippen molar-refractivity contribution in [3.05, 3.63) is 0 Å². The maximum absolute atomic E-state index is 11.9.